The molecule has 0 saturated carbocycles. The molecule has 1 saturated heterocycles. The van der Waals surface area contributed by atoms with Crippen molar-refractivity contribution in [3.8, 4) is 11.3 Å². The molecule has 1 aliphatic heterocycles. The average Bonchev–Trinajstić information content (AvgIpc) is 3.25. The summed E-state index contributed by atoms with van der Waals surface area (Å²) in [5, 5.41) is 5.17. The van der Waals surface area contributed by atoms with Gasteiger partial charge in [0.15, 0.2) is 5.13 Å². The third-order valence-electron chi connectivity index (χ3n) is 5.87. The number of nitrogens with one attached hydrogen (secondary N) is 1. The van der Waals surface area contributed by atoms with Crippen molar-refractivity contribution in [2.45, 2.75) is 31.6 Å². The van der Waals surface area contributed by atoms with E-state index < -0.39 is 32.5 Å². The van der Waals surface area contributed by atoms with Gasteiger partial charge in [0.1, 0.15) is 16.5 Å². The van der Waals surface area contributed by atoms with Gasteiger partial charge in [0.25, 0.3) is 0 Å². The highest BCUT2D eigenvalue weighted by molar-refractivity contribution is 7.89. The zero-order chi connectivity index (χ0) is 23.8. The van der Waals surface area contributed by atoms with Gasteiger partial charge in [-0.05, 0) is 62.1 Å². The molecule has 0 bridgehead atoms. The number of aryl methyl sites for hydroxylation is 2. The van der Waals surface area contributed by atoms with Crippen LogP contribution in [-0.4, -0.2) is 36.7 Å². The van der Waals surface area contributed by atoms with Gasteiger partial charge in [-0.1, -0.05) is 12.1 Å². The van der Waals surface area contributed by atoms with Crippen LogP contribution in [-0.2, 0) is 14.8 Å². The van der Waals surface area contributed by atoms with E-state index in [0.717, 1.165) is 33.3 Å². The number of carbonyl (C=O) groups excluding carboxylic acids is 1. The highest BCUT2D eigenvalue weighted by Crippen LogP contribution is 2.29. The summed E-state index contributed by atoms with van der Waals surface area (Å²) in [6, 6.07) is 8.41. The number of nitrogens with zero attached hydrogens (tertiary/aromatic N) is 2. The van der Waals surface area contributed by atoms with Gasteiger partial charge in [-0.2, -0.15) is 4.31 Å². The van der Waals surface area contributed by atoms with Crippen LogP contribution in [0.25, 0.3) is 11.3 Å². The molecule has 4 rings (SSSR count). The fraction of sp³-hybridized carbons (Fsp3) is 0.304. The van der Waals surface area contributed by atoms with Crippen molar-refractivity contribution in [2.75, 3.05) is 18.4 Å². The van der Waals surface area contributed by atoms with Crippen molar-refractivity contribution >= 4 is 32.4 Å². The summed E-state index contributed by atoms with van der Waals surface area (Å²) in [6.07, 6.45) is 0.550. The van der Waals surface area contributed by atoms with Gasteiger partial charge in [0.05, 0.1) is 5.69 Å². The lowest BCUT2D eigenvalue weighted by Gasteiger charge is -2.30. The van der Waals surface area contributed by atoms with Crippen LogP contribution >= 0.6 is 11.3 Å². The highest BCUT2D eigenvalue weighted by Gasteiger charge is 2.34. The zero-order valence-electron chi connectivity index (χ0n) is 18.1. The summed E-state index contributed by atoms with van der Waals surface area (Å²) in [4.78, 5) is 16.5. The molecule has 0 aliphatic carbocycles. The van der Waals surface area contributed by atoms with E-state index in [9.17, 15) is 22.0 Å². The fourth-order valence-corrected chi connectivity index (χ4v) is 6.01. The molecule has 1 amide bonds. The maximum Gasteiger partial charge on any atom is 0.246 e. The largest absolute Gasteiger partial charge is 0.302 e. The molecule has 1 N–H and O–H groups in total. The van der Waals surface area contributed by atoms with Gasteiger partial charge in [0, 0.05) is 30.0 Å². The molecule has 10 heteroatoms. The lowest BCUT2D eigenvalue weighted by Crippen LogP contribution is -2.41. The van der Waals surface area contributed by atoms with Crippen LogP contribution in [0.1, 0.15) is 24.0 Å². The normalized spacial score (nSPS) is 15.5. The highest BCUT2D eigenvalue weighted by atomic mass is 32.2. The topological polar surface area (TPSA) is 79.4 Å². The summed E-state index contributed by atoms with van der Waals surface area (Å²) >= 11 is 1.33. The lowest BCUT2D eigenvalue weighted by atomic mass is 9.97. The number of hydrogen-bond acceptors (Lipinski definition) is 5. The maximum absolute atomic E-state index is 14.0. The Kier molecular flexibility index (Phi) is 6.60. The minimum absolute atomic E-state index is 0.0438. The number of hydrogen-bond donors (Lipinski definition) is 1. The second-order valence-corrected chi connectivity index (χ2v) is 10.8. The maximum atomic E-state index is 14.0. The van der Waals surface area contributed by atoms with Gasteiger partial charge < -0.3 is 5.32 Å². The van der Waals surface area contributed by atoms with Gasteiger partial charge in [-0.25, -0.2) is 22.2 Å². The fourth-order valence-electron chi connectivity index (χ4n) is 3.74. The van der Waals surface area contributed by atoms with E-state index in [1.807, 2.05) is 37.4 Å². The van der Waals surface area contributed by atoms with Crippen LogP contribution in [0.3, 0.4) is 0 Å². The Morgan fingerprint density at radius 2 is 1.82 bits per heavy atom. The molecule has 3 aromatic rings. The number of amides is 1. The Bertz CT molecular complexity index is 1300. The first-order chi connectivity index (χ1) is 15.6. The van der Waals surface area contributed by atoms with Crippen LogP contribution in [0.15, 0.2) is 46.7 Å². The Labute approximate surface area is 195 Å². The van der Waals surface area contributed by atoms with Gasteiger partial charge in [-0.15, -0.1) is 11.3 Å². The third-order valence-corrected chi connectivity index (χ3v) is 8.54. The number of piperidine rings is 1. The van der Waals surface area contributed by atoms with Gasteiger partial charge in [0.2, 0.25) is 15.9 Å². The molecule has 6 nitrogen and oxygen atoms in total. The molecule has 2 aromatic carbocycles. The molecular weight excluding hydrogens is 468 g/mol. The van der Waals surface area contributed by atoms with Crippen molar-refractivity contribution < 1.29 is 22.0 Å². The van der Waals surface area contributed by atoms with Gasteiger partial charge >= 0.3 is 0 Å². The van der Waals surface area contributed by atoms with Crippen molar-refractivity contribution in [3.05, 3.63) is 64.5 Å². The van der Waals surface area contributed by atoms with E-state index in [1.165, 1.54) is 16.9 Å². The van der Waals surface area contributed by atoms with E-state index in [4.69, 9.17) is 0 Å². The van der Waals surface area contributed by atoms with Crippen molar-refractivity contribution in [2.24, 2.45) is 5.92 Å². The van der Waals surface area contributed by atoms with Crippen LogP contribution < -0.4 is 5.32 Å². The van der Waals surface area contributed by atoms with Crippen LogP contribution in [0.5, 0.6) is 0 Å². The summed E-state index contributed by atoms with van der Waals surface area (Å²) in [5.41, 5.74) is 4.09. The Hall–Kier alpha value is -2.69. The average molecular weight is 492 g/mol. The summed E-state index contributed by atoms with van der Waals surface area (Å²) in [5.74, 6) is -2.46. The number of anilines is 1. The summed E-state index contributed by atoms with van der Waals surface area (Å²) in [6.45, 7) is 4.16. The number of aromatic nitrogens is 1. The van der Waals surface area contributed by atoms with Crippen molar-refractivity contribution in [1.29, 1.82) is 0 Å². The minimum Gasteiger partial charge on any atom is -0.302 e. The standard InChI is InChI=1S/C23H23F2N3O3S2/c1-14-3-4-17(11-15(14)2)20-13-32-23(26-20)27-22(29)16-7-9-28(10-8-16)33(30,31)21-12-18(24)5-6-19(21)25/h3-6,11-13,16H,7-10H2,1-2H3,(H,26,27,29). The predicted molar refractivity (Wildman–Crippen MR) is 123 cm³/mol. The van der Waals surface area contributed by atoms with Crippen LogP contribution in [0, 0.1) is 31.4 Å². The molecule has 0 atom stereocenters. The Morgan fingerprint density at radius 3 is 2.52 bits per heavy atom. The molecular formula is C23H23F2N3O3S2. The zero-order valence-corrected chi connectivity index (χ0v) is 19.8. The quantitative estimate of drug-likeness (QED) is 0.559. The van der Waals surface area contributed by atoms with E-state index >= 15 is 0 Å². The molecule has 174 valence electrons. The molecule has 1 fully saturated rings. The molecule has 33 heavy (non-hydrogen) atoms. The smallest absolute Gasteiger partial charge is 0.246 e. The predicted octanol–water partition coefficient (Wildman–Crippen LogP) is 4.74. The van der Waals surface area contributed by atoms with Crippen molar-refractivity contribution in [3.63, 3.8) is 0 Å². The van der Waals surface area contributed by atoms with E-state index in [-0.39, 0.29) is 31.8 Å². The SMILES string of the molecule is Cc1ccc(-c2csc(NC(=O)C3CCN(S(=O)(=O)c4cc(F)ccc4F)CC3)n2)cc1C. The Morgan fingerprint density at radius 1 is 1.09 bits per heavy atom. The number of rotatable bonds is 5. The number of benzene rings is 2. The summed E-state index contributed by atoms with van der Waals surface area (Å²) < 4.78 is 54.0. The number of thiazole rings is 1. The molecule has 2 heterocycles. The van der Waals surface area contributed by atoms with E-state index in [2.05, 4.69) is 10.3 Å². The first-order valence-corrected chi connectivity index (χ1v) is 12.8. The first kappa shape index (κ1) is 23.5. The van der Waals surface area contributed by atoms with E-state index in [0.29, 0.717) is 11.2 Å². The van der Waals surface area contributed by atoms with Crippen LogP contribution in [0.4, 0.5) is 13.9 Å². The third kappa shape index (κ3) is 4.97. The van der Waals surface area contributed by atoms with E-state index in [1.54, 1.807) is 0 Å². The minimum atomic E-state index is -4.18. The van der Waals surface area contributed by atoms with Crippen molar-refractivity contribution in [1.82, 2.24) is 9.29 Å². The molecule has 1 aliphatic rings. The lowest BCUT2D eigenvalue weighted by molar-refractivity contribution is -0.120. The molecule has 0 unspecified atom stereocenters. The van der Waals surface area contributed by atoms with Crippen LogP contribution in [0.2, 0.25) is 0 Å². The number of sulfonamides is 1. The Balaban J connectivity index is 1.38. The number of halogens is 2. The first-order valence-electron chi connectivity index (χ1n) is 10.4. The summed E-state index contributed by atoms with van der Waals surface area (Å²) in [7, 11) is -4.18. The second-order valence-electron chi connectivity index (χ2n) is 8.08. The second kappa shape index (κ2) is 9.28. The van der Waals surface area contributed by atoms with Gasteiger partial charge in [-0.3, -0.25) is 4.79 Å². The molecule has 1 aromatic heterocycles. The number of carbonyl (C=O) groups is 1. The monoisotopic (exact) mass is 491 g/mol. The molecule has 0 spiro atoms. The molecule has 0 radical (unpaired) electrons.